The van der Waals surface area contributed by atoms with Gasteiger partial charge in [-0.15, -0.1) is 18.3 Å². The number of carbonyl (C=O) groups excluding carboxylic acids is 1. The molecule has 0 spiro atoms. The number of nitrogens with zero attached hydrogens (tertiary/aromatic N) is 4. The quantitative estimate of drug-likeness (QED) is 0.886. The van der Waals surface area contributed by atoms with E-state index in [0.29, 0.717) is 23.8 Å². The predicted molar refractivity (Wildman–Crippen MR) is 82.3 cm³/mol. The Hall–Kier alpha value is -2.30. The topological polar surface area (TPSA) is 81.9 Å². The van der Waals surface area contributed by atoms with E-state index < -0.39 is 6.36 Å². The Kier molecular flexibility index (Phi) is 5.11. The molecule has 0 unspecified atom stereocenters. The molecule has 3 rings (SSSR count). The van der Waals surface area contributed by atoms with Crippen molar-refractivity contribution in [1.82, 2.24) is 25.5 Å². The van der Waals surface area contributed by atoms with E-state index in [-0.39, 0.29) is 16.9 Å². The minimum atomic E-state index is -4.75. The van der Waals surface area contributed by atoms with Crippen LogP contribution in [-0.4, -0.2) is 44.3 Å². The van der Waals surface area contributed by atoms with Crippen molar-refractivity contribution < 1.29 is 22.7 Å². The summed E-state index contributed by atoms with van der Waals surface area (Å²) in [6.45, 7) is 0.654. The van der Waals surface area contributed by atoms with Gasteiger partial charge >= 0.3 is 6.36 Å². The number of alkyl halides is 3. The van der Waals surface area contributed by atoms with Crippen LogP contribution in [0.25, 0.3) is 5.69 Å². The van der Waals surface area contributed by atoms with Gasteiger partial charge in [-0.25, -0.2) is 0 Å². The van der Waals surface area contributed by atoms with Crippen molar-refractivity contribution in [3.8, 4) is 11.4 Å². The fourth-order valence-electron chi connectivity index (χ4n) is 2.35. The summed E-state index contributed by atoms with van der Waals surface area (Å²) >= 11 is 1.23. The largest absolute Gasteiger partial charge is 0.573 e. The highest BCUT2D eigenvalue weighted by atomic mass is 32.2. The van der Waals surface area contributed by atoms with Crippen molar-refractivity contribution in [2.75, 3.05) is 6.54 Å². The van der Waals surface area contributed by atoms with Gasteiger partial charge < -0.3 is 10.1 Å². The van der Waals surface area contributed by atoms with E-state index in [1.54, 1.807) is 0 Å². The zero-order valence-electron chi connectivity index (χ0n) is 12.9. The smallest absolute Gasteiger partial charge is 0.406 e. The summed E-state index contributed by atoms with van der Waals surface area (Å²) in [5.74, 6) is -0.396. The van der Waals surface area contributed by atoms with E-state index in [2.05, 4.69) is 25.6 Å². The molecule has 2 aromatic rings. The Bertz CT molecular complexity index is 735. The lowest BCUT2D eigenvalue weighted by Crippen LogP contribution is -2.30. The molecule has 0 radical (unpaired) electrons. The van der Waals surface area contributed by atoms with Crippen LogP contribution in [0.3, 0.4) is 0 Å². The summed E-state index contributed by atoms with van der Waals surface area (Å²) in [4.78, 5) is 12.0. The van der Waals surface area contributed by atoms with Gasteiger partial charge in [-0.1, -0.05) is 18.2 Å². The molecule has 0 bridgehead atoms. The molecule has 1 fully saturated rings. The Labute approximate surface area is 144 Å². The van der Waals surface area contributed by atoms with Gasteiger partial charge in [0.25, 0.3) is 0 Å². The van der Waals surface area contributed by atoms with E-state index in [1.165, 1.54) is 40.7 Å². The van der Waals surface area contributed by atoms with E-state index >= 15 is 0 Å². The lowest BCUT2D eigenvalue weighted by molar-refractivity contribution is -0.274. The highest BCUT2D eigenvalue weighted by Crippen LogP contribution is 2.29. The normalized spacial score (nSPS) is 18.5. The molecule has 2 heterocycles. The summed E-state index contributed by atoms with van der Waals surface area (Å²) in [7, 11) is 0. The van der Waals surface area contributed by atoms with Crippen LogP contribution in [0.5, 0.6) is 5.75 Å². The maximum atomic E-state index is 12.2. The number of hydrogen-bond donors (Lipinski definition) is 1. The molecule has 1 amide bonds. The summed E-state index contributed by atoms with van der Waals surface area (Å²) < 4.78 is 41.8. The number of halogens is 3. The van der Waals surface area contributed by atoms with Crippen LogP contribution < -0.4 is 10.1 Å². The number of amides is 1. The van der Waals surface area contributed by atoms with Crippen molar-refractivity contribution in [3.05, 3.63) is 24.3 Å². The molecule has 0 saturated carbocycles. The fraction of sp³-hybridized carbons (Fsp3) is 0.429. The minimum Gasteiger partial charge on any atom is -0.406 e. The van der Waals surface area contributed by atoms with Crippen LogP contribution in [0.15, 0.2) is 29.4 Å². The molecule has 134 valence electrons. The maximum Gasteiger partial charge on any atom is 0.573 e. The summed E-state index contributed by atoms with van der Waals surface area (Å²) in [5.41, 5.74) is 0.469. The zero-order chi connectivity index (χ0) is 17.9. The highest BCUT2D eigenvalue weighted by molar-refractivity contribution is 8.00. The average molecular weight is 373 g/mol. The predicted octanol–water partition coefficient (Wildman–Crippen LogP) is 2.32. The molecular weight excluding hydrogens is 359 g/mol. The van der Waals surface area contributed by atoms with Gasteiger partial charge in [0.15, 0.2) is 0 Å². The molecular formula is C14H14F3N5O2S. The first kappa shape index (κ1) is 17.5. The molecule has 0 aliphatic carbocycles. The maximum absolute atomic E-state index is 12.2. The number of aromatic nitrogens is 4. The Balaban J connectivity index is 1.76. The monoisotopic (exact) mass is 373 g/mol. The molecule has 1 aliphatic heterocycles. The van der Waals surface area contributed by atoms with E-state index in [1.807, 2.05) is 0 Å². The standard InChI is InChI=1S/C14H14F3N5O2S/c15-14(16,17)24-10-6-4-9(5-7-10)22-13(19-20-21-22)25-11-3-1-2-8-18-12(11)23/h4-7,11H,1-3,8H2,(H,18,23)/t11-/m1/s1. The van der Waals surface area contributed by atoms with Gasteiger partial charge in [0, 0.05) is 6.54 Å². The van der Waals surface area contributed by atoms with Crippen LogP contribution >= 0.6 is 11.8 Å². The molecule has 11 heteroatoms. The van der Waals surface area contributed by atoms with Gasteiger partial charge in [0.2, 0.25) is 11.1 Å². The number of thioether (sulfide) groups is 1. The van der Waals surface area contributed by atoms with Crippen LogP contribution in [0, 0.1) is 0 Å². The van der Waals surface area contributed by atoms with Crippen molar-refractivity contribution in [2.24, 2.45) is 0 Å². The van der Waals surface area contributed by atoms with Gasteiger partial charge in [-0.2, -0.15) is 4.68 Å². The second-order valence-corrected chi connectivity index (χ2v) is 6.48. The summed E-state index contributed by atoms with van der Waals surface area (Å²) in [5, 5.41) is 14.3. The Morgan fingerprint density at radius 3 is 2.72 bits per heavy atom. The molecule has 1 saturated heterocycles. The van der Waals surface area contributed by atoms with Crippen LogP contribution in [0.4, 0.5) is 13.2 Å². The van der Waals surface area contributed by atoms with Crippen LogP contribution in [0.1, 0.15) is 19.3 Å². The third kappa shape index (κ3) is 4.62. The molecule has 1 aromatic carbocycles. The van der Waals surface area contributed by atoms with Crippen LogP contribution in [0.2, 0.25) is 0 Å². The molecule has 1 aliphatic rings. The highest BCUT2D eigenvalue weighted by Gasteiger charge is 2.31. The Morgan fingerprint density at radius 2 is 2.00 bits per heavy atom. The summed E-state index contributed by atoms with van der Waals surface area (Å²) in [6, 6.07) is 5.18. The van der Waals surface area contributed by atoms with Crippen molar-refractivity contribution in [3.63, 3.8) is 0 Å². The lowest BCUT2D eigenvalue weighted by Gasteiger charge is -2.12. The van der Waals surface area contributed by atoms with Gasteiger partial charge in [-0.3, -0.25) is 4.79 Å². The number of ether oxygens (including phenoxy) is 1. The number of hydrogen-bond acceptors (Lipinski definition) is 6. The Morgan fingerprint density at radius 1 is 1.24 bits per heavy atom. The third-order valence-corrected chi connectivity index (χ3v) is 4.69. The van der Waals surface area contributed by atoms with Gasteiger partial charge in [0.05, 0.1) is 10.9 Å². The molecule has 1 aromatic heterocycles. The first-order valence-corrected chi connectivity index (χ1v) is 8.39. The lowest BCUT2D eigenvalue weighted by atomic mass is 10.2. The van der Waals surface area contributed by atoms with Crippen molar-refractivity contribution >= 4 is 17.7 Å². The van der Waals surface area contributed by atoms with Gasteiger partial charge in [-0.05, 0) is 47.5 Å². The number of nitrogens with one attached hydrogen (secondary N) is 1. The second-order valence-electron chi connectivity index (χ2n) is 5.31. The fourth-order valence-corrected chi connectivity index (χ4v) is 3.41. The number of tetrazole rings is 1. The van der Waals surface area contributed by atoms with Crippen molar-refractivity contribution in [2.45, 2.75) is 36.0 Å². The van der Waals surface area contributed by atoms with E-state index in [0.717, 1.165) is 12.8 Å². The SMILES string of the molecule is O=C1NCCCC[C@H]1Sc1nnnn1-c1ccc(OC(F)(F)F)cc1. The number of carbonyl (C=O) groups is 1. The zero-order valence-corrected chi connectivity index (χ0v) is 13.7. The molecule has 1 atom stereocenters. The molecule has 1 N–H and O–H groups in total. The van der Waals surface area contributed by atoms with Gasteiger partial charge in [0.1, 0.15) is 5.75 Å². The van der Waals surface area contributed by atoms with Crippen LogP contribution in [-0.2, 0) is 4.79 Å². The van der Waals surface area contributed by atoms with E-state index in [9.17, 15) is 18.0 Å². The number of rotatable bonds is 4. The minimum absolute atomic E-state index is 0.0639. The molecule has 25 heavy (non-hydrogen) atoms. The average Bonchev–Trinajstić information content (AvgIpc) is 2.91. The third-order valence-electron chi connectivity index (χ3n) is 3.49. The van der Waals surface area contributed by atoms with Crippen molar-refractivity contribution in [1.29, 1.82) is 0 Å². The second kappa shape index (κ2) is 7.30. The number of benzene rings is 1. The first-order valence-electron chi connectivity index (χ1n) is 7.51. The van der Waals surface area contributed by atoms with E-state index in [4.69, 9.17) is 0 Å². The summed E-state index contributed by atoms with van der Waals surface area (Å²) in [6.07, 6.45) is -2.19. The first-order chi connectivity index (χ1) is 11.9. The molecule has 7 nitrogen and oxygen atoms in total.